The minimum absolute atomic E-state index is 0.0963. The molecule has 0 radical (unpaired) electrons. The van der Waals surface area contributed by atoms with Gasteiger partial charge in [0.15, 0.2) is 0 Å². The third-order valence-corrected chi connectivity index (χ3v) is 9.79. The lowest BCUT2D eigenvalue weighted by Gasteiger charge is -2.57. The highest BCUT2D eigenvalue weighted by molar-refractivity contribution is 7.90. The maximum Gasteiger partial charge on any atom is 0.293 e. The van der Waals surface area contributed by atoms with Crippen molar-refractivity contribution < 1.29 is 22.5 Å². The summed E-state index contributed by atoms with van der Waals surface area (Å²) < 4.78 is 41.2. The van der Waals surface area contributed by atoms with Crippen LogP contribution < -0.4 is 10.0 Å². The molecular formula is C29H28FN3O5S. The molecule has 0 spiro atoms. The van der Waals surface area contributed by atoms with Crippen molar-refractivity contribution in [2.24, 2.45) is 17.8 Å². The number of hydrogen-bond donors (Lipinski definition) is 2. The Hall–Kier alpha value is -3.79. The van der Waals surface area contributed by atoms with E-state index in [1.807, 2.05) is 4.72 Å². The summed E-state index contributed by atoms with van der Waals surface area (Å²) >= 11 is 0. The molecule has 0 heterocycles. The van der Waals surface area contributed by atoms with Crippen LogP contribution in [0.3, 0.4) is 0 Å². The topological polar surface area (TPSA) is 118 Å². The quantitative estimate of drug-likeness (QED) is 0.280. The van der Waals surface area contributed by atoms with Crippen molar-refractivity contribution in [3.05, 3.63) is 88.2 Å². The Morgan fingerprint density at radius 1 is 0.872 bits per heavy atom. The number of rotatable bonds is 7. The van der Waals surface area contributed by atoms with Crippen molar-refractivity contribution >= 4 is 27.3 Å². The lowest BCUT2D eigenvalue weighted by atomic mass is 9.53. The van der Waals surface area contributed by atoms with Crippen LogP contribution in [0.15, 0.2) is 71.6 Å². The highest BCUT2D eigenvalue weighted by Crippen LogP contribution is 2.57. The molecule has 4 bridgehead atoms. The molecule has 0 aliphatic heterocycles. The molecule has 202 valence electrons. The average molecular weight is 550 g/mol. The predicted octanol–water partition coefficient (Wildman–Crippen LogP) is 5.90. The van der Waals surface area contributed by atoms with Crippen LogP contribution in [-0.2, 0) is 10.0 Å². The van der Waals surface area contributed by atoms with Gasteiger partial charge in [-0.05, 0) is 104 Å². The lowest BCUT2D eigenvalue weighted by molar-refractivity contribution is -0.384. The number of carbonyl (C=O) groups is 1. The first-order valence-electron chi connectivity index (χ1n) is 13.1. The van der Waals surface area contributed by atoms with E-state index in [9.17, 15) is 27.7 Å². The summed E-state index contributed by atoms with van der Waals surface area (Å²) in [6, 6.07) is 15.8. The number of hydrogen-bond acceptors (Lipinski definition) is 6. The van der Waals surface area contributed by atoms with Gasteiger partial charge in [0, 0.05) is 17.2 Å². The van der Waals surface area contributed by atoms with E-state index in [4.69, 9.17) is 0 Å². The molecule has 0 aromatic heterocycles. The third kappa shape index (κ3) is 5.01. The zero-order chi connectivity index (χ0) is 27.4. The molecule has 4 aliphatic carbocycles. The van der Waals surface area contributed by atoms with E-state index in [0.29, 0.717) is 23.4 Å². The summed E-state index contributed by atoms with van der Waals surface area (Å²) in [7, 11) is -4.37. The number of nitrogens with one attached hydrogen (secondary N) is 2. The Balaban J connectivity index is 1.20. The fourth-order valence-corrected chi connectivity index (χ4v) is 8.17. The van der Waals surface area contributed by atoms with Crippen molar-refractivity contribution in [3.8, 4) is 11.1 Å². The second-order valence-corrected chi connectivity index (χ2v) is 13.0. The van der Waals surface area contributed by atoms with Gasteiger partial charge in [0.05, 0.1) is 9.82 Å². The number of nitrogens with zero attached hydrogens (tertiary/aromatic N) is 1. The highest BCUT2D eigenvalue weighted by Gasteiger charge is 2.51. The van der Waals surface area contributed by atoms with Crippen LogP contribution in [0, 0.1) is 33.7 Å². The maximum absolute atomic E-state index is 13.2. The molecule has 39 heavy (non-hydrogen) atoms. The van der Waals surface area contributed by atoms with Crippen molar-refractivity contribution in [1.29, 1.82) is 0 Å². The van der Waals surface area contributed by atoms with E-state index in [2.05, 4.69) is 5.32 Å². The average Bonchev–Trinajstić information content (AvgIpc) is 2.88. The van der Waals surface area contributed by atoms with Gasteiger partial charge in [0.1, 0.15) is 11.5 Å². The number of anilines is 1. The van der Waals surface area contributed by atoms with Crippen LogP contribution in [0.2, 0.25) is 0 Å². The van der Waals surface area contributed by atoms with Gasteiger partial charge in [0.25, 0.3) is 21.6 Å². The number of halogens is 1. The van der Waals surface area contributed by atoms with E-state index in [0.717, 1.165) is 36.5 Å². The Labute approximate surface area is 225 Å². The van der Waals surface area contributed by atoms with Crippen LogP contribution in [0.25, 0.3) is 11.1 Å². The molecular weight excluding hydrogens is 521 g/mol. The van der Waals surface area contributed by atoms with Crippen LogP contribution in [0.4, 0.5) is 15.8 Å². The van der Waals surface area contributed by atoms with Gasteiger partial charge in [-0.25, -0.2) is 17.5 Å². The molecule has 1 amide bonds. The Morgan fingerprint density at radius 3 is 1.95 bits per heavy atom. The molecule has 8 nitrogen and oxygen atoms in total. The normalized spacial score (nSPS) is 25.3. The monoisotopic (exact) mass is 549 g/mol. The summed E-state index contributed by atoms with van der Waals surface area (Å²) in [5, 5.41) is 15.4. The minimum Gasteiger partial charge on any atom is -0.374 e. The van der Waals surface area contributed by atoms with Gasteiger partial charge in [-0.15, -0.1) is 0 Å². The maximum atomic E-state index is 13.2. The SMILES string of the molecule is O=C(NS(=O)(=O)c1ccc(NC23CC4CC(CC(C4)C2)C3)c([N+](=O)[O-])c1)c1ccc(-c2ccc(F)cc2)cc1. The zero-order valence-corrected chi connectivity index (χ0v) is 21.9. The lowest BCUT2D eigenvalue weighted by Crippen LogP contribution is -2.54. The molecule has 2 N–H and O–H groups in total. The Morgan fingerprint density at radius 2 is 1.41 bits per heavy atom. The Bertz CT molecular complexity index is 1520. The fourth-order valence-electron chi connectivity index (χ4n) is 7.18. The zero-order valence-electron chi connectivity index (χ0n) is 21.1. The molecule has 10 heteroatoms. The number of nitro benzene ring substituents is 1. The third-order valence-electron chi connectivity index (χ3n) is 8.47. The first-order chi connectivity index (χ1) is 18.6. The molecule has 3 aromatic rings. The number of sulfonamides is 1. The van der Waals surface area contributed by atoms with Gasteiger partial charge >= 0.3 is 0 Å². The molecule has 7 rings (SSSR count). The van der Waals surface area contributed by atoms with Gasteiger partial charge in [0.2, 0.25) is 0 Å². The summed E-state index contributed by atoms with van der Waals surface area (Å²) in [6.45, 7) is 0. The van der Waals surface area contributed by atoms with Crippen molar-refractivity contribution in [3.63, 3.8) is 0 Å². The molecule has 3 aromatic carbocycles. The minimum atomic E-state index is -4.37. The standard InChI is InChI=1S/C29H28FN3O5S/c30-24-7-5-22(6-8-24)21-1-3-23(4-2-21)28(34)32-39(37,38)25-9-10-26(27(14-25)33(35)36)31-29-15-18-11-19(16-29)13-20(12-18)17-29/h1-10,14,18-20,31H,11-13,15-17H2,(H,32,34). The van der Waals surface area contributed by atoms with Gasteiger partial charge < -0.3 is 5.32 Å². The second-order valence-electron chi connectivity index (χ2n) is 11.3. The fraction of sp³-hybridized carbons (Fsp3) is 0.345. The largest absolute Gasteiger partial charge is 0.374 e. The summed E-state index contributed by atoms with van der Waals surface area (Å²) in [4.78, 5) is 23.8. The first kappa shape index (κ1) is 25.5. The van der Waals surface area contributed by atoms with Crippen molar-refractivity contribution in [2.45, 2.75) is 49.0 Å². The van der Waals surface area contributed by atoms with E-state index in [1.165, 1.54) is 55.7 Å². The van der Waals surface area contributed by atoms with Crippen LogP contribution in [-0.4, -0.2) is 24.8 Å². The van der Waals surface area contributed by atoms with E-state index >= 15 is 0 Å². The van der Waals surface area contributed by atoms with Gasteiger partial charge in [-0.2, -0.15) is 0 Å². The summed E-state index contributed by atoms with van der Waals surface area (Å²) in [5.74, 6) is 0.697. The van der Waals surface area contributed by atoms with Crippen LogP contribution in [0.5, 0.6) is 0 Å². The van der Waals surface area contributed by atoms with Crippen LogP contribution in [0.1, 0.15) is 48.9 Å². The van der Waals surface area contributed by atoms with Crippen molar-refractivity contribution in [2.75, 3.05) is 5.32 Å². The van der Waals surface area contributed by atoms with Crippen molar-refractivity contribution in [1.82, 2.24) is 4.72 Å². The van der Waals surface area contributed by atoms with Gasteiger partial charge in [-0.1, -0.05) is 24.3 Å². The van der Waals surface area contributed by atoms with Crippen LogP contribution >= 0.6 is 0 Å². The smallest absolute Gasteiger partial charge is 0.293 e. The molecule has 0 unspecified atom stereocenters. The van der Waals surface area contributed by atoms with E-state index < -0.39 is 20.9 Å². The summed E-state index contributed by atoms with van der Waals surface area (Å²) in [6.07, 6.45) is 6.63. The van der Waals surface area contributed by atoms with E-state index in [1.54, 1.807) is 24.3 Å². The number of carbonyl (C=O) groups excluding carboxylic acids is 1. The predicted molar refractivity (Wildman–Crippen MR) is 144 cm³/mol. The molecule has 0 saturated heterocycles. The number of nitro groups is 1. The highest BCUT2D eigenvalue weighted by atomic mass is 32.2. The first-order valence-corrected chi connectivity index (χ1v) is 14.6. The molecule has 4 saturated carbocycles. The molecule has 4 fully saturated rings. The number of benzene rings is 3. The second kappa shape index (κ2) is 9.44. The van der Waals surface area contributed by atoms with E-state index in [-0.39, 0.29) is 27.5 Å². The Kier molecular flexibility index (Phi) is 6.17. The molecule has 4 aliphatic rings. The summed E-state index contributed by atoms with van der Waals surface area (Å²) in [5.41, 5.74) is 1.36. The molecule has 0 atom stereocenters. The number of amides is 1. The van der Waals surface area contributed by atoms with Gasteiger partial charge in [-0.3, -0.25) is 14.9 Å².